The van der Waals surface area contributed by atoms with E-state index >= 15 is 0 Å². The molecule has 2 heterocycles. The number of quaternary nitrogens is 1. The van der Waals surface area contributed by atoms with Crippen LogP contribution in [0.25, 0.3) is 10.6 Å². The second-order valence-electron chi connectivity index (χ2n) is 2.77. The van der Waals surface area contributed by atoms with Gasteiger partial charge in [0, 0.05) is 18.0 Å². The van der Waals surface area contributed by atoms with Gasteiger partial charge in [0.05, 0.1) is 7.11 Å². The van der Waals surface area contributed by atoms with Crippen molar-refractivity contribution in [1.82, 2.24) is 9.97 Å². The smallest absolute Gasteiger partial charge is 0.257 e. The minimum absolute atomic E-state index is 0.459. The number of pyridine rings is 1. The van der Waals surface area contributed by atoms with E-state index in [0.717, 1.165) is 15.6 Å². The third-order valence-corrected chi connectivity index (χ3v) is 3.17. The van der Waals surface area contributed by atoms with Gasteiger partial charge in [-0.3, -0.25) is 4.98 Å². The van der Waals surface area contributed by atoms with Gasteiger partial charge < -0.3 is 0 Å². The summed E-state index contributed by atoms with van der Waals surface area (Å²) in [4.78, 5) is 13.2. The van der Waals surface area contributed by atoms with Crippen LogP contribution in [0.2, 0.25) is 5.15 Å². The largest absolute Gasteiger partial charge is 0.264 e. The zero-order chi connectivity index (χ0) is 10.7. The van der Waals surface area contributed by atoms with E-state index in [1.54, 1.807) is 25.0 Å². The van der Waals surface area contributed by atoms with Gasteiger partial charge >= 0.3 is 0 Å². The summed E-state index contributed by atoms with van der Waals surface area (Å²) in [6.07, 6.45) is 3.48. The van der Waals surface area contributed by atoms with Crippen molar-refractivity contribution in [2.45, 2.75) is 0 Å². The monoisotopic (exact) mass is 242 g/mol. The molecule has 0 amide bonds. The molecule has 15 heavy (non-hydrogen) atoms. The van der Waals surface area contributed by atoms with Crippen LogP contribution in [0.3, 0.4) is 0 Å². The highest BCUT2D eigenvalue weighted by Crippen LogP contribution is 2.31. The quantitative estimate of drug-likeness (QED) is 0.833. The first-order chi connectivity index (χ1) is 7.31. The molecule has 4 nitrogen and oxygen atoms in total. The molecule has 0 spiro atoms. The van der Waals surface area contributed by atoms with Gasteiger partial charge in [0.1, 0.15) is 5.01 Å². The van der Waals surface area contributed by atoms with Crippen LogP contribution < -0.4 is 5.48 Å². The third kappa shape index (κ3) is 2.32. The molecule has 0 aliphatic heterocycles. The lowest BCUT2D eigenvalue weighted by Crippen LogP contribution is -2.75. The molecule has 0 aliphatic rings. The highest BCUT2D eigenvalue weighted by molar-refractivity contribution is 7.18. The van der Waals surface area contributed by atoms with Gasteiger partial charge in [0.25, 0.3) is 5.00 Å². The van der Waals surface area contributed by atoms with Crippen molar-refractivity contribution >= 4 is 27.9 Å². The lowest BCUT2D eigenvalue weighted by Gasteiger charge is -1.91. The molecule has 2 aromatic heterocycles. The van der Waals surface area contributed by atoms with Gasteiger partial charge in [-0.25, -0.2) is 9.82 Å². The fraction of sp³-hybridized carbons (Fsp3) is 0.111. The lowest BCUT2D eigenvalue weighted by molar-refractivity contribution is -0.827. The fourth-order valence-corrected chi connectivity index (χ4v) is 2.26. The van der Waals surface area contributed by atoms with Crippen LogP contribution >= 0.6 is 22.9 Å². The van der Waals surface area contributed by atoms with Crippen molar-refractivity contribution < 1.29 is 10.3 Å². The maximum atomic E-state index is 5.94. The molecule has 0 saturated carbocycles. The number of thiazole rings is 1. The van der Waals surface area contributed by atoms with Gasteiger partial charge in [0.2, 0.25) is 5.15 Å². The first kappa shape index (κ1) is 10.5. The van der Waals surface area contributed by atoms with Crippen molar-refractivity contribution in [1.29, 1.82) is 0 Å². The normalized spacial score (nSPS) is 10.5. The third-order valence-electron chi connectivity index (χ3n) is 1.74. The summed E-state index contributed by atoms with van der Waals surface area (Å²) < 4.78 is 0. The zero-order valence-corrected chi connectivity index (χ0v) is 9.55. The second-order valence-corrected chi connectivity index (χ2v) is 4.16. The first-order valence-electron chi connectivity index (χ1n) is 4.24. The van der Waals surface area contributed by atoms with Gasteiger partial charge in [-0.2, -0.15) is 5.48 Å². The Balaban J connectivity index is 2.34. The van der Waals surface area contributed by atoms with E-state index in [2.05, 4.69) is 9.97 Å². The second kappa shape index (κ2) is 4.67. The summed E-state index contributed by atoms with van der Waals surface area (Å²) in [5.41, 5.74) is 2.54. The molecule has 0 atom stereocenters. The topological polar surface area (TPSA) is 51.6 Å². The zero-order valence-electron chi connectivity index (χ0n) is 7.98. The van der Waals surface area contributed by atoms with E-state index in [9.17, 15) is 0 Å². The minimum atomic E-state index is 0.459. The fourth-order valence-electron chi connectivity index (χ4n) is 1.11. The maximum absolute atomic E-state index is 5.94. The Labute approximate surface area is 95.9 Å². The van der Waals surface area contributed by atoms with Crippen LogP contribution in [0.4, 0.5) is 5.00 Å². The van der Waals surface area contributed by atoms with Crippen LogP contribution in [-0.4, -0.2) is 17.1 Å². The van der Waals surface area contributed by atoms with Gasteiger partial charge in [-0.1, -0.05) is 22.9 Å². The SMILES string of the molecule is CO[NH2+]c1sc(-c2cccnc2)nc1Cl. The Morgan fingerprint density at radius 1 is 1.53 bits per heavy atom. The van der Waals surface area contributed by atoms with Crippen molar-refractivity contribution in [3.63, 3.8) is 0 Å². The van der Waals surface area contributed by atoms with E-state index in [1.807, 2.05) is 12.1 Å². The van der Waals surface area contributed by atoms with E-state index in [0.29, 0.717) is 5.15 Å². The molecule has 78 valence electrons. The van der Waals surface area contributed by atoms with Crippen LogP contribution in [0.15, 0.2) is 24.5 Å². The molecule has 0 unspecified atom stereocenters. The summed E-state index contributed by atoms with van der Waals surface area (Å²) in [6, 6.07) is 3.81. The number of hydrogen-bond acceptors (Lipinski definition) is 4. The van der Waals surface area contributed by atoms with Crippen molar-refractivity contribution in [2.24, 2.45) is 0 Å². The van der Waals surface area contributed by atoms with Gasteiger partial charge in [-0.15, -0.1) is 0 Å². The molecular weight excluding hydrogens is 234 g/mol. The predicted molar refractivity (Wildman–Crippen MR) is 58.9 cm³/mol. The Bertz CT molecular complexity index is 446. The summed E-state index contributed by atoms with van der Waals surface area (Å²) in [6.45, 7) is 0. The standard InChI is InChI=1S/C9H8ClN3OS/c1-14-13-9-7(10)12-8(15-9)6-3-2-4-11-5-6/h2-5,13H,1H3/p+1. The average Bonchev–Trinajstić information content (AvgIpc) is 2.63. The van der Waals surface area contributed by atoms with Crippen LogP contribution in [0.1, 0.15) is 0 Å². The molecule has 0 aliphatic carbocycles. The van der Waals surface area contributed by atoms with Crippen LogP contribution in [0, 0.1) is 0 Å². The van der Waals surface area contributed by atoms with E-state index in [-0.39, 0.29) is 0 Å². The molecule has 0 bridgehead atoms. The number of rotatable bonds is 3. The number of hydrogen-bond donors (Lipinski definition) is 1. The summed E-state index contributed by atoms with van der Waals surface area (Å²) >= 11 is 7.41. The molecule has 2 aromatic rings. The Morgan fingerprint density at radius 2 is 2.40 bits per heavy atom. The lowest BCUT2D eigenvalue weighted by atomic mass is 10.3. The predicted octanol–water partition coefficient (Wildman–Crippen LogP) is 1.61. The van der Waals surface area contributed by atoms with Crippen molar-refractivity contribution in [2.75, 3.05) is 7.11 Å². The van der Waals surface area contributed by atoms with E-state index in [1.165, 1.54) is 11.3 Å². The van der Waals surface area contributed by atoms with Crippen molar-refractivity contribution in [3.8, 4) is 10.6 Å². The highest BCUT2D eigenvalue weighted by atomic mass is 35.5. The Hall–Kier alpha value is -1.01. The summed E-state index contributed by atoms with van der Waals surface area (Å²) in [5, 5.41) is 2.12. The Kier molecular flexibility index (Phi) is 3.27. The summed E-state index contributed by atoms with van der Waals surface area (Å²) in [7, 11) is 1.58. The van der Waals surface area contributed by atoms with Crippen LogP contribution in [0.5, 0.6) is 0 Å². The Morgan fingerprint density at radius 3 is 3.07 bits per heavy atom. The van der Waals surface area contributed by atoms with E-state index < -0.39 is 0 Å². The number of nitrogens with two attached hydrogens (primary N) is 1. The molecule has 0 fully saturated rings. The molecule has 0 aromatic carbocycles. The maximum Gasteiger partial charge on any atom is 0.257 e. The molecule has 2 N–H and O–H groups in total. The van der Waals surface area contributed by atoms with E-state index in [4.69, 9.17) is 16.4 Å². The molecule has 0 radical (unpaired) electrons. The molecular formula is C9H9ClN3OS+. The first-order valence-corrected chi connectivity index (χ1v) is 5.43. The van der Waals surface area contributed by atoms with Crippen molar-refractivity contribution in [3.05, 3.63) is 29.7 Å². The van der Waals surface area contributed by atoms with Gasteiger partial charge in [0.15, 0.2) is 0 Å². The highest BCUT2D eigenvalue weighted by Gasteiger charge is 2.14. The number of halogens is 1. The minimum Gasteiger partial charge on any atom is -0.264 e. The number of aromatic nitrogens is 2. The summed E-state index contributed by atoms with van der Waals surface area (Å²) in [5.74, 6) is 0. The number of nitrogens with zero attached hydrogens (tertiary/aromatic N) is 2. The molecule has 0 saturated heterocycles. The molecule has 2 rings (SSSR count). The van der Waals surface area contributed by atoms with Gasteiger partial charge in [-0.05, 0) is 12.1 Å². The molecule has 6 heteroatoms. The average molecular weight is 243 g/mol. The van der Waals surface area contributed by atoms with Crippen LogP contribution in [-0.2, 0) is 4.84 Å².